The predicted molar refractivity (Wildman–Crippen MR) is 90.5 cm³/mol. The van der Waals surface area contributed by atoms with E-state index in [1.807, 2.05) is 41.0 Å². The number of rotatable bonds is 5. The van der Waals surface area contributed by atoms with Crippen molar-refractivity contribution in [2.24, 2.45) is 0 Å². The lowest BCUT2D eigenvalue weighted by Crippen LogP contribution is -2.21. The molecule has 3 rings (SSSR count). The lowest BCUT2D eigenvalue weighted by atomic mass is 10.1. The molecular weight excluding hydrogens is 298 g/mol. The van der Waals surface area contributed by atoms with Crippen molar-refractivity contribution in [2.45, 2.75) is 0 Å². The van der Waals surface area contributed by atoms with Crippen molar-refractivity contribution in [1.82, 2.24) is 19.5 Å². The number of benzene rings is 1. The second kappa shape index (κ2) is 6.34. The summed E-state index contributed by atoms with van der Waals surface area (Å²) < 4.78 is 1.83. The van der Waals surface area contributed by atoms with E-state index < -0.39 is 0 Å². The highest BCUT2D eigenvalue weighted by Gasteiger charge is 2.10. The number of hydrogen-bond donors (Lipinski definition) is 1. The van der Waals surface area contributed by atoms with E-state index in [0.717, 1.165) is 35.7 Å². The van der Waals surface area contributed by atoms with Gasteiger partial charge in [-0.1, -0.05) is 23.7 Å². The molecule has 0 aliphatic rings. The molecule has 0 spiro atoms. The van der Waals surface area contributed by atoms with Crippen LogP contribution >= 0.6 is 11.6 Å². The van der Waals surface area contributed by atoms with E-state index in [0.29, 0.717) is 5.02 Å². The summed E-state index contributed by atoms with van der Waals surface area (Å²) in [5.74, 6) is 0.931. The van der Waals surface area contributed by atoms with Crippen molar-refractivity contribution in [1.29, 1.82) is 0 Å². The van der Waals surface area contributed by atoms with Crippen LogP contribution in [0.4, 0.5) is 5.82 Å². The van der Waals surface area contributed by atoms with Crippen LogP contribution in [0.25, 0.3) is 16.8 Å². The van der Waals surface area contributed by atoms with Gasteiger partial charge in [0.25, 0.3) is 0 Å². The molecule has 3 aromatic rings. The Bertz CT molecular complexity index is 781. The minimum Gasteiger partial charge on any atom is -0.369 e. The van der Waals surface area contributed by atoms with Gasteiger partial charge in [-0.25, -0.2) is 4.98 Å². The third-order valence-corrected chi connectivity index (χ3v) is 3.64. The molecule has 2 aromatic heterocycles. The molecule has 0 atom stereocenters. The van der Waals surface area contributed by atoms with Crippen LogP contribution in [0.1, 0.15) is 0 Å². The summed E-state index contributed by atoms with van der Waals surface area (Å²) in [6.07, 6.45) is 3.62. The lowest BCUT2D eigenvalue weighted by molar-refractivity contribution is 0.425. The molecule has 1 aromatic carbocycles. The largest absolute Gasteiger partial charge is 0.369 e. The zero-order chi connectivity index (χ0) is 15.5. The van der Waals surface area contributed by atoms with Crippen molar-refractivity contribution in [3.05, 3.63) is 47.7 Å². The van der Waals surface area contributed by atoms with Crippen LogP contribution in [0, 0.1) is 0 Å². The Kier molecular flexibility index (Phi) is 4.27. The van der Waals surface area contributed by atoms with Crippen LogP contribution in [-0.2, 0) is 0 Å². The number of fused-ring (bicyclic) bond motifs is 1. The van der Waals surface area contributed by atoms with E-state index in [2.05, 4.69) is 34.4 Å². The van der Waals surface area contributed by atoms with Gasteiger partial charge in [0.2, 0.25) is 0 Å². The van der Waals surface area contributed by atoms with Gasteiger partial charge in [-0.2, -0.15) is 9.61 Å². The SMILES string of the molecule is CN(C)CCNc1ccnc2c(-c3cccc(Cl)c3)cnn12. The monoisotopic (exact) mass is 315 g/mol. The number of anilines is 1. The van der Waals surface area contributed by atoms with Crippen molar-refractivity contribution in [2.75, 3.05) is 32.5 Å². The Labute approximate surface area is 134 Å². The first kappa shape index (κ1) is 14.8. The molecule has 0 aliphatic carbocycles. The van der Waals surface area contributed by atoms with Gasteiger partial charge in [0, 0.05) is 29.9 Å². The van der Waals surface area contributed by atoms with E-state index in [-0.39, 0.29) is 0 Å². The number of hydrogen-bond acceptors (Lipinski definition) is 4. The fourth-order valence-corrected chi connectivity index (χ4v) is 2.48. The molecule has 2 heterocycles. The fraction of sp³-hybridized carbons (Fsp3) is 0.250. The average molecular weight is 316 g/mol. The Morgan fingerprint density at radius 1 is 1.27 bits per heavy atom. The van der Waals surface area contributed by atoms with Crippen molar-refractivity contribution in [3.63, 3.8) is 0 Å². The standard InChI is InChI=1S/C16H18ClN5/c1-21(2)9-8-18-15-6-7-19-16-14(11-20-22(15)16)12-4-3-5-13(17)10-12/h3-7,10-11,18H,8-9H2,1-2H3. The van der Waals surface area contributed by atoms with Gasteiger partial charge in [-0.15, -0.1) is 0 Å². The molecule has 0 unspecified atom stereocenters. The van der Waals surface area contributed by atoms with E-state index in [9.17, 15) is 0 Å². The maximum absolute atomic E-state index is 6.08. The predicted octanol–water partition coefficient (Wildman–Crippen LogP) is 3.02. The third kappa shape index (κ3) is 3.05. The molecule has 1 N–H and O–H groups in total. The number of likely N-dealkylation sites (N-methyl/N-ethyl adjacent to an activating group) is 1. The van der Waals surface area contributed by atoms with Crippen molar-refractivity contribution < 1.29 is 0 Å². The summed E-state index contributed by atoms with van der Waals surface area (Å²) in [7, 11) is 4.10. The highest BCUT2D eigenvalue weighted by molar-refractivity contribution is 6.30. The molecule has 0 aliphatic heterocycles. The number of nitrogens with one attached hydrogen (secondary N) is 1. The first-order valence-corrected chi connectivity index (χ1v) is 7.50. The zero-order valence-electron chi connectivity index (χ0n) is 12.6. The average Bonchev–Trinajstić information content (AvgIpc) is 2.92. The summed E-state index contributed by atoms with van der Waals surface area (Å²) in [6.45, 7) is 1.80. The second-order valence-electron chi connectivity index (χ2n) is 5.36. The highest BCUT2D eigenvalue weighted by Crippen LogP contribution is 2.26. The second-order valence-corrected chi connectivity index (χ2v) is 5.80. The fourth-order valence-electron chi connectivity index (χ4n) is 2.29. The molecule has 0 saturated carbocycles. The summed E-state index contributed by atoms with van der Waals surface area (Å²) in [6, 6.07) is 9.65. The molecule has 0 saturated heterocycles. The normalized spacial score (nSPS) is 11.3. The van der Waals surface area contributed by atoms with Crippen LogP contribution in [0.2, 0.25) is 5.02 Å². The molecule has 114 valence electrons. The molecule has 6 heteroatoms. The van der Waals surface area contributed by atoms with Crippen molar-refractivity contribution >= 4 is 23.1 Å². The van der Waals surface area contributed by atoms with Gasteiger partial charge >= 0.3 is 0 Å². The van der Waals surface area contributed by atoms with Gasteiger partial charge in [0.15, 0.2) is 5.65 Å². The van der Waals surface area contributed by atoms with Gasteiger partial charge < -0.3 is 10.2 Å². The quantitative estimate of drug-likeness (QED) is 0.786. The zero-order valence-corrected chi connectivity index (χ0v) is 13.4. The van der Waals surface area contributed by atoms with Crippen LogP contribution in [-0.4, -0.2) is 46.7 Å². The van der Waals surface area contributed by atoms with Gasteiger partial charge in [-0.05, 0) is 37.9 Å². The first-order valence-electron chi connectivity index (χ1n) is 7.12. The smallest absolute Gasteiger partial charge is 0.165 e. The Balaban J connectivity index is 1.95. The number of nitrogens with zero attached hydrogens (tertiary/aromatic N) is 4. The Morgan fingerprint density at radius 2 is 2.14 bits per heavy atom. The summed E-state index contributed by atoms with van der Waals surface area (Å²) in [4.78, 5) is 6.59. The summed E-state index contributed by atoms with van der Waals surface area (Å²) in [5.41, 5.74) is 2.80. The minimum atomic E-state index is 0.706. The van der Waals surface area contributed by atoms with Crippen LogP contribution in [0.15, 0.2) is 42.7 Å². The maximum Gasteiger partial charge on any atom is 0.165 e. The van der Waals surface area contributed by atoms with E-state index in [1.54, 1.807) is 6.20 Å². The molecule has 0 radical (unpaired) electrons. The number of halogens is 1. The van der Waals surface area contributed by atoms with Gasteiger partial charge in [0.05, 0.1) is 6.20 Å². The molecular formula is C16H18ClN5. The lowest BCUT2D eigenvalue weighted by Gasteiger charge is -2.12. The molecule has 5 nitrogen and oxygen atoms in total. The summed E-state index contributed by atoms with van der Waals surface area (Å²) >= 11 is 6.08. The first-order chi connectivity index (χ1) is 10.6. The van der Waals surface area contributed by atoms with Gasteiger partial charge in [0.1, 0.15) is 5.82 Å². The van der Waals surface area contributed by atoms with Crippen molar-refractivity contribution in [3.8, 4) is 11.1 Å². The minimum absolute atomic E-state index is 0.706. The van der Waals surface area contributed by atoms with Crippen LogP contribution in [0.5, 0.6) is 0 Å². The van der Waals surface area contributed by atoms with Crippen LogP contribution in [0.3, 0.4) is 0 Å². The highest BCUT2D eigenvalue weighted by atomic mass is 35.5. The number of aromatic nitrogens is 3. The molecule has 0 bridgehead atoms. The summed E-state index contributed by atoms with van der Waals surface area (Å²) in [5, 5.41) is 8.55. The van der Waals surface area contributed by atoms with Crippen LogP contribution < -0.4 is 5.32 Å². The Hall–Kier alpha value is -2.11. The maximum atomic E-state index is 6.08. The van der Waals surface area contributed by atoms with E-state index >= 15 is 0 Å². The molecule has 0 fully saturated rings. The third-order valence-electron chi connectivity index (χ3n) is 3.40. The topological polar surface area (TPSA) is 45.5 Å². The molecule has 0 amide bonds. The van der Waals surface area contributed by atoms with E-state index in [1.165, 1.54) is 0 Å². The van der Waals surface area contributed by atoms with E-state index in [4.69, 9.17) is 11.6 Å². The molecule has 22 heavy (non-hydrogen) atoms. The Morgan fingerprint density at radius 3 is 2.91 bits per heavy atom. The van der Waals surface area contributed by atoms with Gasteiger partial charge in [-0.3, -0.25) is 0 Å².